The van der Waals surface area contributed by atoms with Gasteiger partial charge in [0.25, 0.3) is 0 Å². The lowest BCUT2D eigenvalue weighted by Gasteiger charge is -2.18. The Morgan fingerprint density at radius 3 is 2.65 bits per heavy atom. The molecule has 0 unspecified atom stereocenters. The molecule has 0 aliphatic carbocycles. The van der Waals surface area contributed by atoms with Crippen LogP contribution in [0.4, 0.5) is 0 Å². The topological polar surface area (TPSA) is 66.7 Å². The van der Waals surface area contributed by atoms with Crippen LogP contribution in [0.1, 0.15) is 16.7 Å². The van der Waals surface area contributed by atoms with Crippen molar-refractivity contribution in [2.75, 3.05) is 7.11 Å². The van der Waals surface area contributed by atoms with Crippen molar-refractivity contribution in [3.8, 4) is 11.4 Å². The van der Waals surface area contributed by atoms with E-state index in [0.29, 0.717) is 6.54 Å². The molecule has 0 amide bonds. The van der Waals surface area contributed by atoms with Crippen molar-refractivity contribution in [3.63, 3.8) is 0 Å². The van der Waals surface area contributed by atoms with Gasteiger partial charge in [0.1, 0.15) is 5.75 Å². The minimum Gasteiger partial charge on any atom is -0.497 e. The van der Waals surface area contributed by atoms with Crippen molar-refractivity contribution in [2.24, 2.45) is 5.10 Å². The molecule has 7 heteroatoms. The molecular weight excluding hydrogens is 328 g/mol. The summed E-state index contributed by atoms with van der Waals surface area (Å²) >= 11 is 0. The van der Waals surface area contributed by atoms with Crippen molar-refractivity contribution in [1.82, 2.24) is 25.9 Å². The number of ether oxygens (including phenoxy) is 1. The molecule has 4 rings (SSSR count). The summed E-state index contributed by atoms with van der Waals surface area (Å²) in [7, 11) is 1.66. The van der Waals surface area contributed by atoms with Gasteiger partial charge >= 0.3 is 0 Å². The van der Waals surface area contributed by atoms with Crippen LogP contribution in [0, 0.1) is 6.92 Å². The number of nitrogens with one attached hydrogen (secondary N) is 2. The van der Waals surface area contributed by atoms with Crippen LogP contribution in [0.5, 0.6) is 5.75 Å². The first kappa shape index (κ1) is 16.2. The Morgan fingerprint density at radius 1 is 1.08 bits per heavy atom. The lowest BCUT2D eigenvalue weighted by atomic mass is 10.2. The van der Waals surface area contributed by atoms with Crippen LogP contribution in [0.25, 0.3) is 5.69 Å². The van der Waals surface area contributed by atoms with E-state index in [1.807, 2.05) is 64.5 Å². The molecule has 0 fully saturated rings. The van der Waals surface area contributed by atoms with Gasteiger partial charge in [-0.15, -0.1) is 10.6 Å². The number of benzene rings is 2. The summed E-state index contributed by atoms with van der Waals surface area (Å²) in [4.78, 5) is 0. The summed E-state index contributed by atoms with van der Waals surface area (Å²) in [5, 5.41) is 10.8. The van der Waals surface area contributed by atoms with Crippen LogP contribution < -0.4 is 15.8 Å². The number of aromatic nitrogens is 2. The lowest BCUT2D eigenvalue weighted by molar-refractivity contribution is 0.288. The van der Waals surface area contributed by atoms with Gasteiger partial charge in [0, 0.05) is 6.20 Å². The zero-order valence-corrected chi connectivity index (χ0v) is 14.7. The first-order valence-electron chi connectivity index (χ1n) is 8.34. The van der Waals surface area contributed by atoms with Crippen LogP contribution in [0.3, 0.4) is 0 Å². The molecular formula is C19H20N6O. The summed E-state index contributed by atoms with van der Waals surface area (Å²) < 4.78 is 7.08. The van der Waals surface area contributed by atoms with Crippen LogP contribution >= 0.6 is 0 Å². The van der Waals surface area contributed by atoms with Gasteiger partial charge in [0.05, 0.1) is 31.1 Å². The molecule has 0 bridgehead atoms. The van der Waals surface area contributed by atoms with E-state index in [0.717, 1.165) is 28.4 Å². The number of hydrogen-bond donors (Lipinski definition) is 2. The maximum absolute atomic E-state index is 5.21. The van der Waals surface area contributed by atoms with Gasteiger partial charge < -0.3 is 4.74 Å². The summed E-state index contributed by atoms with van der Waals surface area (Å²) in [5.74, 6) is 1.63. The average molecular weight is 348 g/mol. The predicted molar refractivity (Wildman–Crippen MR) is 99.6 cm³/mol. The summed E-state index contributed by atoms with van der Waals surface area (Å²) in [5.41, 5.74) is 10.2. The van der Waals surface area contributed by atoms with Gasteiger partial charge in [-0.3, -0.25) is 5.01 Å². The second-order valence-electron chi connectivity index (χ2n) is 6.05. The molecule has 0 saturated carbocycles. The minimum absolute atomic E-state index is 0.658. The third kappa shape index (κ3) is 3.12. The third-order valence-corrected chi connectivity index (χ3v) is 4.31. The number of methoxy groups -OCH3 is 1. The highest BCUT2D eigenvalue weighted by molar-refractivity contribution is 5.98. The fourth-order valence-electron chi connectivity index (χ4n) is 2.89. The standard InChI is InChI=1S/C19H20N6O/c1-14-5-3-4-6-18(14)24-13-16(11-20-24)19-21-22-23-25(19)12-15-7-9-17(26-2)10-8-15/h3-11,13,22-23H,12H2,1-2H3. The van der Waals surface area contributed by atoms with E-state index < -0.39 is 0 Å². The maximum atomic E-state index is 5.21. The molecule has 2 N–H and O–H groups in total. The van der Waals surface area contributed by atoms with Crippen LogP contribution in [-0.4, -0.2) is 27.7 Å². The zero-order valence-electron chi connectivity index (χ0n) is 14.7. The Kier molecular flexibility index (Phi) is 4.28. The van der Waals surface area contributed by atoms with Crippen LogP contribution in [0.15, 0.2) is 66.0 Å². The zero-order chi connectivity index (χ0) is 17.9. The molecule has 1 aromatic heterocycles. The highest BCUT2D eigenvalue weighted by Crippen LogP contribution is 2.17. The van der Waals surface area contributed by atoms with Crippen molar-refractivity contribution in [3.05, 3.63) is 77.6 Å². The van der Waals surface area contributed by atoms with Crippen molar-refractivity contribution < 1.29 is 4.74 Å². The summed E-state index contributed by atoms with van der Waals surface area (Å²) in [6, 6.07) is 16.1. The number of nitrogens with zero attached hydrogens (tertiary/aromatic N) is 4. The number of hydrazone groups is 1. The van der Waals surface area contributed by atoms with Crippen molar-refractivity contribution >= 4 is 5.84 Å². The van der Waals surface area contributed by atoms with Gasteiger partial charge in [0.2, 0.25) is 0 Å². The first-order chi connectivity index (χ1) is 12.7. The van der Waals surface area contributed by atoms with Crippen molar-refractivity contribution in [2.45, 2.75) is 13.5 Å². The van der Waals surface area contributed by atoms with Crippen molar-refractivity contribution in [1.29, 1.82) is 0 Å². The fraction of sp³-hybridized carbons (Fsp3) is 0.158. The number of rotatable bonds is 5. The molecule has 2 aromatic carbocycles. The predicted octanol–water partition coefficient (Wildman–Crippen LogP) is 2.38. The van der Waals surface area contributed by atoms with Gasteiger partial charge in [-0.1, -0.05) is 30.3 Å². The van der Waals surface area contributed by atoms with Crippen LogP contribution in [0.2, 0.25) is 0 Å². The average Bonchev–Trinajstić information content (AvgIpc) is 3.32. The largest absolute Gasteiger partial charge is 0.497 e. The fourth-order valence-corrected chi connectivity index (χ4v) is 2.89. The molecule has 3 aromatic rings. The highest BCUT2D eigenvalue weighted by atomic mass is 16.5. The monoisotopic (exact) mass is 348 g/mol. The number of amidine groups is 1. The Hall–Kier alpha value is -3.32. The molecule has 132 valence electrons. The summed E-state index contributed by atoms with van der Waals surface area (Å²) in [6.45, 7) is 2.73. The summed E-state index contributed by atoms with van der Waals surface area (Å²) in [6.07, 6.45) is 3.80. The van der Waals surface area contributed by atoms with Gasteiger partial charge in [-0.05, 0) is 36.2 Å². The molecule has 0 saturated heterocycles. The van der Waals surface area contributed by atoms with E-state index >= 15 is 0 Å². The Morgan fingerprint density at radius 2 is 1.88 bits per heavy atom. The SMILES string of the molecule is COc1ccc(CN2NNN=C2c2cnn(-c3ccccc3C)c2)cc1. The van der Waals surface area contributed by atoms with E-state index in [2.05, 4.69) is 34.3 Å². The van der Waals surface area contributed by atoms with E-state index in [4.69, 9.17) is 4.74 Å². The second kappa shape index (κ2) is 6.89. The van der Waals surface area contributed by atoms with E-state index in [1.165, 1.54) is 5.56 Å². The normalized spacial score (nSPS) is 13.5. The first-order valence-corrected chi connectivity index (χ1v) is 8.34. The highest BCUT2D eigenvalue weighted by Gasteiger charge is 2.21. The van der Waals surface area contributed by atoms with Crippen LogP contribution in [-0.2, 0) is 6.54 Å². The van der Waals surface area contributed by atoms with Gasteiger partial charge in [-0.2, -0.15) is 5.10 Å². The number of hydrazine groups is 2. The second-order valence-corrected chi connectivity index (χ2v) is 6.05. The molecule has 26 heavy (non-hydrogen) atoms. The number of aryl methyl sites for hydroxylation is 1. The number of hydrogen-bond acceptors (Lipinski definition) is 6. The quantitative estimate of drug-likeness (QED) is 0.741. The smallest absolute Gasteiger partial charge is 0.176 e. The lowest BCUT2D eigenvalue weighted by Crippen LogP contribution is -2.40. The Bertz CT molecular complexity index is 931. The van der Waals surface area contributed by atoms with E-state index in [9.17, 15) is 0 Å². The molecule has 0 spiro atoms. The number of para-hydroxylation sites is 1. The van der Waals surface area contributed by atoms with E-state index in [-0.39, 0.29) is 0 Å². The molecule has 0 atom stereocenters. The molecule has 7 nitrogen and oxygen atoms in total. The maximum Gasteiger partial charge on any atom is 0.176 e. The molecule has 0 radical (unpaired) electrons. The Labute approximate surface area is 151 Å². The third-order valence-electron chi connectivity index (χ3n) is 4.31. The Balaban J connectivity index is 1.54. The molecule has 1 aliphatic heterocycles. The van der Waals surface area contributed by atoms with E-state index in [1.54, 1.807) is 7.11 Å². The van der Waals surface area contributed by atoms with Gasteiger partial charge in [0.15, 0.2) is 5.84 Å². The molecule has 1 aliphatic rings. The molecule has 2 heterocycles. The van der Waals surface area contributed by atoms with Gasteiger partial charge in [-0.25, -0.2) is 10.2 Å². The minimum atomic E-state index is 0.658.